The highest BCUT2D eigenvalue weighted by molar-refractivity contribution is 7.99. The topological polar surface area (TPSA) is 117 Å². The Labute approximate surface area is 217 Å². The molecule has 0 fully saturated rings. The van der Waals surface area contributed by atoms with E-state index in [1.807, 2.05) is 31.2 Å². The maximum absolute atomic E-state index is 13.1. The Balaban J connectivity index is 1.50. The number of halogens is 1. The fourth-order valence-electron chi connectivity index (χ4n) is 3.87. The lowest BCUT2D eigenvalue weighted by Crippen LogP contribution is -2.37. The Morgan fingerprint density at radius 1 is 1.08 bits per heavy atom. The van der Waals surface area contributed by atoms with Crippen LogP contribution < -0.4 is 16.6 Å². The van der Waals surface area contributed by atoms with Gasteiger partial charge in [-0.15, -0.1) is 0 Å². The first-order valence-electron chi connectivity index (χ1n) is 10.8. The molecule has 1 amide bonds. The van der Waals surface area contributed by atoms with Crippen LogP contribution in [0.1, 0.15) is 11.1 Å². The fraction of sp³-hybridized carbons (Fsp3) is 0.217. The summed E-state index contributed by atoms with van der Waals surface area (Å²) < 4.78 is 12.6. The van der Waals surface area contributed by atoms with Gasteiger partial charge < -0.3 is 9.88 Å². The van der Waals surface area contributed by atoms with Crippen molar-refractivity contribution in [3.63, 3.8) is 0 Å². The van der Waals surface area contributed by atoms with Gasteiger partial charge in [-0.1, -0.05) is 41.6 Å². The normalized spacial score (nSPS) is 11.4. The molecule has 184 valence electrons. The van der Waals surface area contributed by atoms with Crippen LogP contribution in [0.15, 0.2) is 51.1 Å². The van der Waals surface area contributed by atoms with Crippen molar-refractivity contribution in [2.24, 2.45) is 14.1 Å². The minimum Gasteiger partial charge on any atom is -0.323 e. The van der Waals surface area contributed by atoms with E-state index in [-0.39, 0.29) is 22.8 Å². The summed E-state index contributed by atoms with van der Waals surface area (Å²) >= 11 is 8.30. The summed E-state index contributed by atoms with van der Waals surface area (Å²) in [6, 6.07) is 11.0. The van der Waals surface area contributed by atoms with Crippen LogP contribution in [0.4, 0.5) is 5.69 Å². The smallest absolute Gasteiger partial charge is 0.323 e. The molecule has 0 saturated heterocycles. The van der Waals surface area contributed by atoms with Crippen molar-refractivity contribution >= 4 is 68.9 Å². The van der Waals surface area contributed by atoms with E-state index < -0.39 is 11.2 Å². The standard InChI is InChI=1S/C23H20ClN7O3S2/c1-12-4-9-15-18(28-36-27-15)17(12)25-16(32)11-35-22-26-20-19(21(33)30(3)23(34)29(20)2)31(22)10-13-5-7-14(24)8-6-13/h4-9H,10-11H2,1-3H3,(H,25,32). The summed E-state index contributed by atoms with van der Waals surface area (Å²) in [4.78, 5) is 43.0. The summed E-state index contributed by atoms with van der Waals surface area (Å²) in [7, 11) is 3.00. The van der Waals surface area contributed by atoms with E-state index in [2.05, 4.69) is 19.0 Å². The molecule has 0 spiro atoms. The number of amides is 1. The van der Waals surface area contributed by atoms with Crippen LogP contribution in [0.2, 0.25) is 5.02 Å². The molecule has 3 heterocycles. The van der Waals surface area contributed by atoms with Gasteiger partial charge in [0.25, 0.3) is 5.56 Å². The van der Waals surface area contributed by atoms with Crippen LogP contribution in [0.3, 0.4) is 0 Å². The molecule has 10 nitrogen and oxygen atoms in total. The van der Waals surface area contributed by atoms with E-state index in [1.165, 1.54) is 23.4 Å². The molecule has 2 aromatic carbocycles. The highest BCUT2D eigenvalue weighted by Crippen LogP contribution is 2.27. The molecule has 0 bridgehead atoms. The summed E-state index contributed by atoms with van der Waals surface area (Å²) in [5.74, 6) is -0.221. The zero-order chi connectivity index (χ0) is 25.6. The van der Waals surface area contributed by atoms with E-state index in [1.54, 1.807) is 23.7 Å². The van der Waals surface area contributed by atoms with Crippen LogP contribution in [-0.2, 0) is 25.4 Å². The number of nitrogens with zero attached hydrogens (tertiary/aromatic N) is 6. The number of thioether (sulfide) groups is 1. The number of imidazole rings is 1. The van der Waals surface area contributed by atoms with Crippen molar-refractivity contribution in [2.75, 3.05) is 11.1 Å². The lowest BCUT2D eigenvalue weighted by molar-refractivity contribution is -0.113. The quantitative estimate of drug-likeness (QED) is 0.328. The number of carbonyl (C=O) groups excluding carboxylic acids is 1. The first-order valence-corrected chi connectivity index (χ1v) is 12.9. The number of hydrogen-bond donors (Lipinski definition) is 1. The zero-order valence-corrected chi connectivity index (χ0v) is 21.9. The van der Waals surface area contributed by atoms with Crippen LogP contribution in [0.25, 0.3) is 22.2 Å². The molecule has 5 rings (SSSR count). The second kappa shape index (κ2) is 9.52. The average Bonchev–Trinajstić information content (AvgIpc) is 3.48. The van der Waals surface area contributed by atoms with E-state index in [4.69, 9.17) is 11.6 Å². The Bertz CT molecular complexity index is 1750. The van der Waals surface area contributed by atoms with Crippen LogP contribution >= 0.6 is 35.1 Å². The Morgan fingerprint density at radius 2 is 1.83 bits per heavy atom. The SMILES string of the molecule is Cc1ccc2nsnc2c1NC(=O)CSc1nc2c(c(=O)n(C)c(=O)n2C)n1Cc1ccc(Cl)cc1. The molecule has 0 aliphatic rings. The number of nitrogens with one attached hydrogen (secondary N) is 1. The second-order valence-corrected chi connectivity index (χ2v) is 10.1. The van der Waals surface area contributed by atoms with Gasteiger partial charge in [0.2, 0.25) is 5.91 Å². The molecular formula is C23H20ClN7O3S2. The second-order valence-electron chi connectivity index (χ2n) is 8.21. The molecule has 5 aromatic rings. The minimum absolute atomic E-state index is 0.0333. The third-order valence-corrected chi connectivity index (χ3v) is 7.57. The van der Waals surface area contributed by atoms with Gasteiger partial charge in [-0.2, -0.15) is 8.75 Å². The third kappa shape index (κ3) is 4.31. The Morgan fingerprint density at radius 3 is 2.58 bits per heavy atom. The van der Waals surface area contributed by atoms with Gasteiger partial charge in [0, 0.05) is 19.1 Å². The number of rotatable bonds is 6. The number of benzene rings is 2. The number of anilines is 1. The van der Waals surface area contributed by atoms with E-state index in [0.29, 0.717) is 27.9 Å². The Hall–Kier alpha value is -3.48. The minimum atomic E-state index is -0.474. The lowest BCUT2D eigenvalue weighted by Gasteiger charge is -2.11. The monoisotopic (exact) mass is 541 g/mol. The first kappa shape index (κ1) is 24.2. The van der Waals surface area contributed by atoms with Crippen LogP contribution in [-0.4, -0.2) is 39.1 Å². The van der Waals surface area contributed by atoms with Gasteiger partial charge in [0.05, 0.1) is 29.7 Å². The zero-order valence-electron chi connectivity index (χ0n) is 19.5. The molecule has 0 radical (unpaired) electrons. The van der Waals surface area contributed by atoms with E-state index in [0.717, 1.165) is 32.9 Å². The first-order chi connectivity index (χ1) is 17.2. The summed E-state index contributed by atoms with van der Waals surface area (Å²) in [5, 5.41) is 3.97. The van der Waals surface area contributed by atoms with Crippen molar-refractivity contribution in [2.45, 2.75) is 18.6 Å². The fourth-order valence-corrected chi connectivity index (χ4v) is 5.34. The predicted molar refractivity (Wildman–Crippen MR) is 142 cm³/mol. The van der Waals surface area contributed by atoms with Crippen molar-refractivity contribution in [3.05, 3.63) is 73.4 Å². The largest absolute Gasteiger partial charge is 0.332 e. The van der Waals surface area contributed by atoms with E-state index >= 15 is 0 Å². The lowest BCUT2D eigenvalue weighted by atomic mass is 10.1. The molecule has 36 heavy (non-hydrogen) atoms. The van der Waals surface area contributed by atoms with Crippen molar-refractivity contribution in [3.8, 4) is 0 Å². The molecule has 1 N–H and O–H groups in total. The van der Waals surface area contributed by atoms with Crippen molar-refractivity contribution < 1.29 is 4.79 Å². The summed E-state index contributed by atoms with van der Waals surface area (Å²) in [6.07, 6.45) is 0. The van der Waals surface area contributed by atoms with Crippen molar-refractivity contribution in [1.82, 2.24) is 27.4 Å². The molecule has 0 atom stereocenters. The summed E-state index contributed by atoms with van der Waals surface area (Å²) in [6.45, 7) is 2.21. The number of hydrogen-bond acceptors (Lipinski definition) is 8. The highest BCUT2D eigenvalue weighted by atomic mass is 35.5. The van der Waals surface area contributed by atoms with Gasteiger partial charge >= 0.3 is 5.69 Å². The molecule has 13 heteroatoms. The number of carbonyl (C=O) groups is 1. The third-order valence-electron chi connectivity index (χ3n) is 5.80. The highest BCUT2D eigenvalue weighted by Gasteiger charge is 2.21. The summed E-state index contributed by atoms with van der Waals surface area (Å²) in [5.41, 5.74) is 3.37. The maximum atomic E-state index is 13.1. The van der Waals surface area contributed by atoms with E-state index in [9.17, 15) is 14.4 Å². The average molecular weight is 542 g/mol. The molecule has 0 aliphatic carbocycles. The molecular weight excluding hydrogens is 522 g/mol. The molecule has 0 aliphatic heterocycles. The van der Waals surface area contributed by atoms with Gasteiger partial charge in [-0.25, -0.2) is 9.78 Å². The van der Waals surface area contributed by atoms with Gasteiger partial charge in [0.15, 0.2) is 16.3 Å². The molecule has 0 saturated carbocycles. The molecule has 0 unspecified atom stereocenters. The predicted octanol–water partition coefficient (Wildman–Crippen LogP) is 3.18. The number of aryl methyl sites for hydroxylation is 2. The van der Waals surface area contributed by atoms with Crippen LogP contribution in [0, 0.1) is 6.92 Å². The van der Waals surface area contributed by atoms with Crippen LogP contribution in [0.5, 0.6) is 0 Å². The van der Waals surface area contributed by atoms with Gasteiger partial charge in [-0.05, 0) is 36.2 Å². The van der Waals surface area contributed by atoms with Crippen molar-refractivity contribution in [1.29, 1.82) is 0 Å². The number of fused-ring (bicyclic) bond motifs is 2. The van der Waals surface area contributed by atoms with Gasteiger partial charge in [0.1, 0.15) is 11.0 Å². The number of aromatic nitrogens is 6. The van der Waals surface area contributed by atoms with Gasteiger partial charge in [-0.3, -0.25) is 18.7 Å². The Kier molecular flexibility index (Phi) is 6.41. The molecule has 3 aromatic heterocycles. The maximum Gasteiger partial charge on any atom is 0.332 e.